The molecule has 0 saturated heterocycles. The molecule has 0 aliphatic rings. The van der Waals surface area contributed by atoms with Gasteiger partial charge < -0.3 is 19.8 Å². The van der Waals surface area contributed by atoms with E-state index in [0.29, 0.717) is 17.4 Å². The molecule has 258 valence electrons. The van der Waals surface area contributed by atoms with Crippen LogP contribution < -0.4 is 5.32 Å². The van der Waals surface area contributed by atoms with Crippen molar-refractivity contribution in [2.75, 3.05) is 40.9 Å². The number of likely N-dealkylation sites (N-methyl/N-ethyl adjacent to an activating group) is 1. The number of unbranched alkanes of at least 4 members (excludes halogenated alkanes) is 13. The van der Waals surface area contributed by atoms with E-state index in [2.05, 4.69) is 43.5 Å². The molecule has 3 atom stereocenters. The van der Waals surface area contributed by atoms with Crippen LogP contribution in [0.4, 0.5) is 0 Å². The van der Waals surface area contributed by atoms with Gasteiger partial charge in [-0.05, 0) is 44.9 Å². The van der Waals surface area contributed by atoms with E-state index in [-0.39, 0.29) is 19.1 Å². The van der Waals surface area contributed by atoms with Crippen LogP contribution >= 0.6 is 7.82 Å². The summed E-state index contributed by atoms with van der Waals surface area (Å²) in [7, 11) is 1.53. The summed E-state index contributed by atoms with van der Waals surface area (Å²) in [5.74, 6) is -0.219. The summed E-state index contributed by atoms with van der Waals surface area (Å²) in [6, 6.07) is -0.860. The number of amides is 1. The Balaban J connectivity index is 4.38. The second kappa shape index (κ2) is 28.0. The number of aliphatic hydroxyl groups excluding tert-OH is 1. The molecule has 3 unspecified atom stereocenters. The van der Waals surface area contributed by atoms with E-state index in [1.54, 1.807) is 6.08 Å². The molecule has 3 N–H and O–H groups in total. The SMILES string of the molecule is CCCCCCCCCCC/C=C/CC/C=C/CC/C=C/C(O)C(COP(=O)(O)OCC[N+](C)(C)C)NC(=O)CCCCC. The van der Waals surface area contributed by atoms with Gasteiger partial charge >= 0.3 is 7.82 Å². The van der Waals surface area contributed by atoms with Crippen molar-refractivity contribution in [1.29, 1.82) is 0 Å². The van der Waals surface area contributed by atoms with E-state index in [1.165, 1.54) is 64.2 Å². The normalized spacial score (nSPS) is 15.3. The van der Waals surface area contributed by atoms with Crippen LogP contribution in [0.25, 0.3) is 0 Å². The molecule has 0 rings (SSSR count). The van der Waals surface area contributed by atoms with Gasteiger partial charge in [-0.25, -0.2) is 4.57 Å². The molecule has 0 aromatic heterocycles. The number of hydrogen-bond donors (Lipinski definition) is 3. The lowest BCUT2D eigenvalue weighted by Crippen LogP contribution is -2.45. The summed E-state index contributed by atoms with van der Waals surface area (Å²) in [5, 5.41) is 13.5. The summed E-state index contributed by atoms with van der Waals surface area (Å²) in [6.45, 7) is 4.57. The Morgan fingerprint density at radius 3 is 1.82 bits per heavy atom. The van der Waals surface area contributed by atoms with E-state index in [9.17, 15) is 19.4 Å². The van der Waals surface area contributed by atoms with E-state index in [0.717, 1.165) is 44.9 Å². The fourth-order valence-electron chi connectivity index (χ4n) is 4.48. The van der Waals surface area contributed by atoms with Gasteiger partial charge in [-0.2, -0.15) is 0 Å². The Bertz CT molecular complexity index is 825. The van der Waals surface area contributed by atoms with Gasteiger partial charge in [-0.15, -0.1) is 0 Å². The number of aliphatic hydroxyl groups is 1. The number of nitrogens with zero attached hydrogens (tertiary/aromatic N) is 1. The Morgan fingerprint density at radius 2 is 1.25 bits per heavy atom. The molecule has 0 fully saturated rings. The quantitative estimate of drug-likeness (QED) is 0.0314. The van der Waals surface area contributed by atoms with Gasteiger partial charge in [0.05, 0.1) is 39.9 Å². The second-order valence-corrected chi connectivity index (χ2v) is 14.3. The average Bonchev–Trinajstić information content (AvgIpc) is 2.95. The first kappa shape index (κ1) is 42.7. The standard InChI is InChI=1S/C35H67N2O6P/c1-6-8-10-11-12-13-14-15-16-17-18-19-20-21-22-23-24-25-27-28-34(38)33(36-35(39)29-26-9-7-2)32-43-44(40,41)42-31-30-37(3,4)5/h18-19,22-23,27-28,33-34,38H,6-17,20-21,24-26,29-32H2,1-5H3,(H-,36,39,40,41)/p+1/b19-18+,23-22+,28-27+. The zero-order valence-electron chi connectivity index (χ0n) is 28.9. The summed E-state index contributed by atoms with van der Waals surface area (Å²) in [6.07, 6.45) is 31.5. The molecule has 0 radical (unpaired) electrons. The van der Waals surface area contributed by atoms with Crippen LogP contribution in [0.5, 0.6) is 0 Å². The van der Waals surface area contributed by atoms with Gasteiger partial charge in [-0.1, -0.05) is 115 Å². The van der Waals surface area contributed by atoms with E-state index in [4.69, 9.17) is 9.05 Å². The molecule has 0 bridgehead atoms. The Hall–Kier alpha value is -1.28. The van der Waals surface area contributed by atoms with Crippen LogP contribution in [0.15, 0.2) is 36.5 Å². The summed E-state index contributed by atoms with van der Waals surface area (Å²) >= 11 is 0. The molecule has 0 aliphatic carbocycles. The summed E-state index contributed by atoms with van der Waals surface area (Å²) in [4.78, 5) is 22.5. The zero-order valence-corrected chi connectivity index (χ0v) is 29.8. The molecule has 44 heavy (non-hydrogen) atoms. The number of rotatable bonds is 30. The number of quaternary nitrogens is 1. The van der Waals surface area contributed by atoms with E-state index < -0.39 is 20.0 Å². The number of phosphoric ester groups is 1. The molecule has 0 saturated carbocycles. The van der Waals surface area contributed by atoms with Gasteiger partial charge in [0.2, 0.25) is 5.91 Å². The maximum atomic E-state index is 12.4. The highest BCUT2D eigenvalue weighted by Crippen LogP contribution is 2.43. The number of allylic oxidation sites excluding steroid dienone is 5. The third kappa shape index (κ3) is 29.4. The van der Waals surface area contributed by atoms with Gasteiger partial charge in [0.1, 0.15) is 13.2 Å². The number of carbonyl (C=O) groups is 1. The predicted molar refractivity (Wildman–Crippen MR) is 184 cm³/mol. The van der Waals surface area contributed by atoms with Gasteiger partial charge in [-0.3, -0.25) is 13.8 Å². The fourth-order valence-corrected chi connectivity index (χ4v) is 5.22. The highest BCUT2D eigenvalue weighted by Gasteiger charge is 2.27. The lowest BCUT2D eigenvalue weighted by Gasteiger charge is -2.25. The van der Waals surface area contributed by atoms with Crippen LogP contribution in [0.3, 0.4) is 0 Å². The lowest BCUT2D eigenvalue weighted by atomic mass is 10.1. The van der Waals surface area contributed by atoms with Crippen LogP contribution in [-0.4, -0.2) is 73.4 Å². The predicted octanol–water partition coefficient (Wildman–Crippen LogP) is 8.40. The highest BCUT2D eigenvalue weighted by atomic mass is 31.2. The minimum Gasteiger partial charge on any atom is -0.387 e. The largest absolute Gasteiger partial charge is 0.472 e. The van der Waals surface area contributed by atoms with E-state index >= 15 is 0 Å². The summed E-state index contributed by atoms with van der Waals surface area (Å²) in [5.41, 5.74) is 0. The van der Waals surface area contributed by atoms with Crippen molar-refractivity contribution in [3.05, 3.63) is 36.5 Å². The molecular formula is C35H68N2O6P+. The Labute approximate surface area is 270 Å². The van der Waals surface area contributed by atoms with Gasteiger partial charge in [0.25, 0.3) is 0 Å². The lowest BCUT2D eigenvalue weighted by molar-refractivity contribution is -0.870. The molecule has 0 aliphatic heterocycles. The first-order chi connectivity index (χ1) is 21.0. The molecule has 0 spiro atoms. The number of nitrogens with one attached hydrogen (secondary N) is 1. The number of carbonyl (C=O) groups excluding carboxylic acids is 1. The number of phosphoric acid groups is 1. The maximum Gasteiger partial charge on any atom is 0.472 e. The minimum absolute atomic E-state index is 0.0525. The van der Waals surface area contributed by atoms with Crippen molar-refractivity contribution >= 4 is 13.7 Å². The minimum atomic E-state index is -4.32. The third-order valence-corrected chi connectivity index (χ3v) is 8.32. The Kier molecular flexibility index (Phi) is 27.2. The zero-order chi connectivity index (χ0) is 32.9. The Morgan fingerprint density at radius 1 is 0.750 bits per heavy atom. The van der Waals surface area contributed by atoms with Crippen LogP contribution in [0.2, 0.25) is 0 Å². The van der Waals surface area contributed by atoms with Crippen LogP contribution in [0, 0.1) is 0 Å². The first-order valence-corrected chi connectivity index (χ1v) is 18.9. The molecule has 9 heteroatoms. The van der Waals surface area contributed by atoms with Crippen LogP contribution in [-0.2, 0) is 18.4 Å². The molecule has 0 heterocycles. The van der Waals surface area contributed by atoms with Crippen molar-refractivity contribution in [3.63, 3.8) is 0 Å². The monoisotopic (exact) mass is 643 g/mol. The second-order valence-electron chi connectivity index (χ2n) is 12.9. The molecule has 0 aromatic carbocycles. The van der Waals surface area contributed by atoms with Crippen molar-refractivity contribution in [2.24, 2.45) is 0 Å². The third-order valence-electron chi connectivity index (χ3n) is 7.34. The number of hydrogen-bond acceptors (Lipinski definition) is 5. The molecular weight excluding hydrogens is 575 g/mol. The van der Waals surface area contributed by atoms with Crippen LogP contribution in [0.1, 0.15) is 129 Å². The smallest absolute Gasteiger partial charge is 0.387 e. The molecule has 0 aromatic rings. The van der Waals surface area contributed by atoms with Crippen molar-refractivity contribution in [2.45, 2.75) is 142 Å². The van der Waals surface area contributed by atoms with Gasteiger partial charge in [0.15, 0.2) is 0 Å². The topological polar surface area (TPSA) is 105 Å². The van der Waals surface area contributed by atoms with Crippen molar-refractivity contribution < 1.29 is 32.9 Å². The first-order valence-electron chi connectivity index (χ1n) is 17.4. The fraction of sp³-hybridized carbons (Fsp3) is 0.800. The maximum absolute atomic E-state index is 12.4. The highest BCUT2D eigenvalue weighted by molar-refractivity contribution is 7.47. The van der Waals surface area contributed by atoms with E-state index in [1.807, 2.05) is 27.2 Å². The van der Waals surface area contributed by atoms with Crippen molar-refractivity contribution in [3.8, 4) is 0 Å². The van der Waals surface area contributed by atoms with Gasteiger partial charge in [0, 0.05) is 6.42 Å². The summed E-state index contributed by atoms with van der Waals surface area (Å²) < 4.78 is 23.1. The molecule has 8 nitrogen and oxygen atoms in total. The average molecular weight is 644 g/mol. The molecule has 1 amide bonds. The van der Waals surface area contributed by atoms with Crippen molar-refractivity contribution in [1.82, 2.24) is 5.32 Å².